The summed E-state index contributed by atoms with van der Waals surface area (Å²) >= 11 is 0. The molecule has 0 heterocycles. The molecule has 0 aliphatic heterocycles. The molecule has 1 nitrogen and oxygen atoms in total. The molecule has 11 heteroatoms. The molecule has 0 saturated heterocycles. The fourth-order valence-electron chi connectivity index (χ4n) is 0.968. The Morgan fingerprint density at radius 2 is 1.20 bits per heavy atom. The van der Waals surface area contributed by atoms with Gasteiger partial charge < -0.3 is 4.74 Å². The van der Waals surface area contributed by atoms with Gasteiger partial charge in [-0.1, -0.05) is 0 Å². The third kappa shape index (κ3) is 7.75. The van der Waals surface area contributed by atoms with E-state index in [0.29, 0.717) is 14.4 Å². The Balaban J connectivity index is -0.000000656. The van der Waals surface area contributed by atoms with Gasteiger partial charge in [0.1, 0.15) is 19.3 Å². The van der Waals surface area contributed by atoms with Crippen molar-refractivity contribution < 1.29 is 48.6 Å². The molecule has 0 saturated carbocycles. The smallest absolute Gasteiger partial charge is 0.338 e. The highest BCUT2D eigenvalue weighted by Crippen LogP contribution is 2.41. The van der Waals surface area contributed by atoms with Crippen molar-refractivity contribution in [3.63, 3.8) is 0 Å². The molecule has 0 aliphatic rings. The number of rotatable bonds is 6. The van der Waals surface area contributed by atoms with Crippen molar-refractivity contribution in [1.82, 2.24) is 0 Å². The zero-order valence-corrected chi connectivity index (χ0v) is 10.5. The SMILES string of the molecule is CF.CF.FCOC(CF)C(F)(F)C(CF)C(F)(F)F. The summed E-state index contributed by atoms with van der Waals surface area (Å²) in [5.41, 5.74) is 0. The molecule has 0 aromatic rings. The van der Waals surface area contributed by atoms with Crippen molar-refractivity contribution in [2.45, 2.75) is 18.2 Å². The monoisotopic (exact) mass is 328 g/mol. The fraction of sp³-hybridized carbons (Fsp3) is 1.00. The number of alkyl halides is 10. The third-order valence-electron chi connectivity index (χ3n) is 1.85. The lowest BCUT2D eigenvalue weighted by Gasteiger charge is -2.30. The highest BCUT2D eigenvalue weighted by Gasteiger charge is 2.60. The van der Waals surface area contributed by atoms with E-state index in [1.165, 1.54) is 0 Å². The minimum absolute atomic E-state index is 0.500. The number of halogens is 10. The van der Waals surface area contributed by atoms with Gasteiger partial charge in [0.2, 0.25) is 0 Å². The van der Waals surface area contributed by atoms with Gasteiger partial charge in [-0.3, -0.25) is 13.2 Å². The fourth-order valence-corrected chi connectivity index (χ4v) is 0.968. The van der Waals surface area contributed by atoms with Gasteiger partial charge >= 0.3 is 6.18 Å². The molecule has 0 rings (SSSR count). The maximum absolute atomic E-state index is 12.9. The summed E-state index contributed by atoms with van der Waals surface area (Å²) in [6.45, 7) is -6.38. The minimum atomic E-state index is -5.56. The Hall–Kier alpha value is -0.740. The number of hydrogen-bond donors (Lipinski definition) is 0. The summed E-state index contributed by atoms with van der Waals surface area (Å²) in [5.74, 6) is -8.58. The van der Waals surface area contributed by atoms with Crippen LogP contribution >= 0.6 is 0 Å². The quantitative estimate of drug-likeness (QED) is 0.663. The Morgan fingerprint density at radius 3 is 1.40 bits per heavy atom. The highest BCUT2D eigenvalue weighted by molar-refractivity contribution is 4.89. The number of ether oxygens (including phenoxy) is 1. The van der Waals surface area contributed by atoms with Crippen LogP contribution < -0.4 is 0 Å². The molecule has 0 bridgehead atoms. The average Bonchev–Trinajstić information content (AvgIpc) is 2.39. The summed E-state index contributed by atoms with van der Waals surface area (Å²) in [5, 5.41) is 0. The normalized spacial score (nSPS) is 14.4. The maximum Gasteiger partial charge on any atom is 0.400 e. The van der Waals surface area contributed by atoms with Gasteiger partial charge in [0.15, 0.2) is 13.0 Å². The van der Waals surface area contributed by atoms with Crippen LogP contribution in [0, 0.1) is 5.92 Å². The summed E-state index contributed by atoms with van der Waals surface area (Å²) in [4.78, 5) is 0. The summed E-state index contributed by atoms with van der Waals surface area (Å²) < 4.78 is 120. The van der Waals surface area contributed by atoms with Gasteiger partial charge in [-0.25, -0.2) is 17.6 Å². The van der Waals surface area contributed by atoms with Crippen molar-refractivity contribution >= 4 is 0 Å². The van der Waals surface area contributed by atoms with E-state index in [1.807, 2.05) is 0 Å². The first-order chi connectivity index (χ1) is 9.21. The van der Waals surface area contributed by atoms with E-state index in [-0.39, 0.29) is 0 Å². The molecule has 2 atom stereocenters. The van der Waals surface area contributed by atoms with Gasteiger partial charge in [0.05, 0.1) is 14.4 Å². The molecule has 0 aliphatic carbocycles. The Kier molecular flexibility index (Phi) is 14.6. The van der Waals surface area contributed by atoms with Crippen LogP contribution in [0.2, 0.25) is 0 Å². The summed E-state index contributed by atoms with van der Waals surface area (Å²) in [6.07, 6.45) is -8.52. The van der Waals surface area contributed by atoms with E-state index in [9.17, 15) is 43.9 Å². The molecular weight excluding hydrogens is 314 g/mol. The Morgan fingerprint density at radius 1 is 0.800 bits per heavy atom. The molecule has 0 fully saturated rings. The van der Waals surface area contributed by atoms with E-state index in [1.54, 1.807) is 0 Å². The van der Waals surface area contributed by atoms with Gasteiger partial charge in [-0.05, 0) is 0 Å². The van der Waals surface area contributed by atoms with Crippen LogP contribution in [-0.2, 0) is 4.74 Å². The minimum Gasteiger partial charge on any atom is -0.338 e. The first kappa shape index (κ1) is 24.3. The van der Waals surface area contributed by atoms with Crippen LogP contribution in [0.15, 0.2) is 0 Å². The van der Waals surface area contributed by atoms with E-state index in [0.717, 1.165) is 0 Å². The third-order valence-corrected chi connectivity index (χ3v) is 1.85. The first-order valence-corrected chi connectivity index (χ1v) is 4.71. The summed E-state index contributed by atoms with van der Waals surface area (Å²) in [6, 6.07) is 0. The van der Waals surface area contributed by atoms with Crippen LogP contribution in [-0.4, -0.2) is 52.8 Å². The van der Waals surface area contributed by atoms with Crippen molar-refractivity contribution in [2.24, 2.45) is 5.92 Å². The standard InChI is InChI=1S/C7H8F8O.2CH3F/c8-1-4(7(13,14)15)6(11,12)5(2-9)16-3-10;2*1-2/h4-5H,1-3H2;2*1H3. The van der Waals surface area contributed by atoms with E-state index < -0.39 is 44.3 Å². The van der Waals surface area contributed by atoms with E-state index in [4.69, 9.17) is 0 Å². The molecule has 0 aromatic carbocycles. The van der Waals surface area contributed by atoms with Crippen LogP contribution in [0.25, 0.3) is 0 Å². The molecule has 0 amide bonds. The number of hydrogen-bond acceptors (Lipinski definition) is 1. The van der Waals surface area contributed by atoms with E-state index in [2.05, 4.69) is 4.74 Å². The van der Waals surface area contributed by atoms with Gasteiger partial charge in [-0.2, -0.15) is 13.2 Å². The van der Waals surface area contributed by atoms with Gasteiger partial charge in [0.25, 0.3) is 5.92 Å². The van der Waals surface area contributed by atoms with E-state index >= 15 is 0 Å². The Labute approximate surface area is 108 Å². The predicted molar refractivity (Wildman–Crippen MR) is 51.4 cm³/mol. The zero-order chi connectivity index (χ0) is 17.0. The van der Waals surface area contributed by atoms with Crippen LogP contribution in [0.4, 0.5) is 43.9 Å². The van der Waals surface area contributed by atoms with Gasteiger partial charge in [0, 0.05) is 0 Å². The van der Waals surface area contributed by atoms with Crippen molar-refractivity contribution in [3.8, 4) is 0 Å². The molecule has 126 valence electrons. The second-order valence-electron chi connectivity index (χ2n) is 2.84. The Bertz CT molecular complexity index is 207. The lowest BCUT2D eigenvalue weighted by Crippen LogP contribution is -2.50. The van der Waals surface area contributed by atoms with Crippen molar-refractivity contribution in [3.05, 3.63) is 0 Å². The van der Waals surface area contributed by atoms with Crippen molar-refractivity contribution in [2.75, 3.05) is 34.6 Å². The topological polar surface area (TPSA) is 9.23 Å². The molecular formula is C9H14F10O. The van der Waals surface area contributed by atoms with Crippen LogP contribution in [0.5, 0.6) is 0 Å². The molecule has 0 N–H and O–H groups in total. The predicted octanol–water partition coefficient (Wildman–Crippen LogP) is 4.22. The zero-order valence-electron chi connectivity index (χ0n) is 10.5. The lowest BCUT2D eigenvalue weighted by atomic mass is 9.97. The molecule has 0 spiro atoms. The lowest BCUT2D eigenvalue weighted by molar-refractivity contribution is -0.278. The average molecular weight is 328 g/mol. The van der Waals surface area contributed by atoms with Crippen molar-refractivity contribution in [1.29, 1.82) is 0 Å². The second kappa shape index (κ2) is 12.0. The molecule has 0 radical (unpaired) electrons. The first-order valence-electron chi connectivity index (χ1n) is 4.71. The maximum atomic E-state index is 12.9. The molecule has 0 aromatic heterocycles. The van der Waals surface area contributed by atoms with Gasteiger partial charge in [-0.15, -0.1) is 0 Å². The summed E-state index contributed by atoms with van der Waals surface area (Å²) in [7, 11) is 1.00. The largest absolute Gasteiger partial charge is 0.400 e. The second-order valence-corrected chi connectivity index (χ2v) is 2.84. The highest BCUT2D eigenvalue weighted by atomic mass is 19.4. The van der Waals surface area contributed by atoms with Crippen LogP contribution in [0.3, 0.4) is 0 Å². The molecule has 20 heavy (non-hydrogen) atoms. The van der Waals surface area contributed by atoms with Crippen LogP contribution in [0.1, 0.15) is 0 Å². The molecule has 2 unspecified atom stereocenters.